The summed E-state index contributed by atoms with van der Waals surface area (Å²) in [5.74, 6) is 2.48. The number of nitrogens with zero attached hydrogens (tertiary/aromatic N) is 1. The first-order valence-electron chi connectivity index (χ1n) is 6.33. The lowest BCUT2D eigenvalue weighted by Crippen LogP contribution is -2.16. The summed E-state index contributed by atoms with van der Waals surface area (Å²) in [6.45, 7) is 4.55. The van der Waals surface area contributed by atoms with Crippen molar-refractivity contribution in [3.8, 4) is 11.5 Å². The van der Waals surface area contributed by atoms with Gasteiger partial charge in [-0.1, -0.05) is 11.2 Å². The summed E-state index contributed by atoms with van der Waals surface area (Å²) in [6, 6.07) is 7.92. The maximum absolute atomic E-state index is 5.55. The largest absolute Gasteiger partial charge is 0.486 e. The highest BCUT2D eigenvalue weighted by molar-refractivity contribution is 5.43. The average molecular weight is 260 g/mol. The molecule has 5 heteroatoms. The molecule has 0 aliphatic carbocycles. The van der Waals surface area contributed by atoms with Crippen molar-refractivity contribution < 1.29 is 14.0 Å². The molecule has 0 atom stereocenters. The Balaban J connectivity index is 1.58. The van der Waals surface area contributed by atoms with E-state index in [2.05, 4.69) is 10.5 Å². The molecule has 0 saturated heterocycles. The van der Waals surface area contributed by atoms with Crippen LogP contribution in [0, 0.1) is 6.92 Å². The maximum atomic E-state index is 5.55. The number of benzene rings is 1. The summed E-state index contributed by atoms with van der Waals surface area (Å²) >= 11 is 0. The zero-order chi connectivity index (χ0) is 13.1. The first-order valence-corrected chi connectivity index (χ1v) is 6.33. The number of nitrogens with one attached hydrogen (secondary N) is 1. The van der Waals surface area contributed by atoms with Crippen molar-refractivity contribution in [2.75, 3.05) is 13.2 Å². The van der Waals surface area contributed by atoms with Crippen molar-refractivity contribution in [1.82, 2.24) is 10.5 Å². The van der Waals surface area contributed by atoms with E-state index in [-0.39, 0.29) is 0 Å². The maximum Gasteiger partial charge on any atom is 0.161 e. The van der Waals surface area contributed by atoms with Gasteiger partial charge in [0.1, 0.15) is 13.2 Å². The predicted molar refractivity (Wildman–Crippen MR) is 69.2 cm³/mol. The van der Waals surface area contributed by atoms with Crippen molar-refractivity contribution in [2.24, 2.45) is 0 Å². The molecule has 19 heavy (non-hydrogen) atoms. The number of hydrogen-bond acceptors (Lipinski definition) is 5. The van der Waals surface area contributed by atoms with Gasteiger partial charge in [0.05, 0.1) is 12.2 Å². The molecule has 2 heterocycles. The van der Waals surface area contributed by atoms with Gasteiger partial charge in [0.15, 0.2) is 17.3 Å². The van der Waals surface area contributed by atoms with Gasteiger partial charge in [0.25, 0.3) is 0 Å². The molecule has 1 N–H and O–H groups in total. The van der Waals surface area contributed by atoms with Crippen LogP contribution in [-0.2, 0) is 13.1 Å². The highest BCUT2D eigenvalue weighted by atomic mass is 16.6. The first kappa shape index (κ1) is 12.0. The van der Waals surface area contributed by atoms with Gasteiger partial charge >= 0.3 is 0 Å². The average Bonchev–Trinajstić information content (AvgIpc) is 2.84. The zero-order valence-corrected chi connectivity index (χ0v) is 10.8. The molecule has 1 aromatic carbocycles. The van der Waals surface area contributed by atoms with E-state index in [9.17, 15) is 0 Å². The molecule has 0 bridgehead atoms. The molecular weight excluding hydrogens is 244 g/mol. The molecule has 0 spiro atoms. The smallest absolute Gasteiger partial charge is 0.161 e. The third-order valence-corrected chi connectivity index (χ3v) is 2.91. The number of fused-ring (bicyclic) bond motifs is 1. The molecule has 0 amide bonds. The molecule has 3 rings (SSSR count). The lowest BCUT2D eigenvalue weighted by Gasteiger charge is -2.18. The summed E-state index contributed by atoms with van der Waals surface area (Å²) in [4.78, 5) is 0. The number of aromatic nitrogens is 1. The van der Waals surface area contributed by atoms with E-state index in [4.69, 9.17) is 14.0 Å². The summed E-state index contributed by atoms with van der Waals surface area (Å²) in [6.07, 6.45) is 0. The molecule has 1 aromatic heterocycles. The molecule has 0 saturated carbocycles. The van der Waals surface area contributed by atoms with Crippen LogP contribution in [0.3, 0.4) is 0 Å². The Bertz CT molecular complexity index is 566. The van der Waals surface area contributed by atoms with Crippen molar-refractivity contribution in [3.05, 3.63) is 41.3 Å². The molecule has 0 unspecified atom stereocenters. The fourth-order valence-electron chi connectivity index (χ4n) is 2.03. The molecule has 100 valence electrons. The summed E-state index contributed by atoms with van der Waals surface area (Å²) < 4.78 is 16.2. The van der Waals surface area contributed by atoms with Crippen LogP contribution in [0.15, 0.2) is 28.8 Å². The Labute approximate surface area is 111 Å². The van der Waals surface area contributed by atoms with E-state index in [0.29, 0.717) is 19.8 Å². The Hall–Kier alpha value is -2.01. The standard InChI is InChI=1S/C14H16N2O3/c1-10-6-12(19-16-10)9-15-8-11-2-3-13-14(7-11)18-5-4-17-13/h2-3,6-7,15H,4-5,8-9H2,1H3. The van der Waals surface area contributed by atoms with Gasteiger partial charge in [0, 0.05) is 12.6 Å². The van der Waals surface area contributed by atoms with E-state index < -0.39 is 0 Å². The third-order valence-electron chi connectivity index (χ3n) is 2.91. The van der Waals surface area contributed by atoms with Crippen LogP contribution >= 0.6 is 0 Å². The summed E-state index contributed by atoms with van der Waals surface area (Å²) in [5.41, 5.74) is 2.05. The van der Waals surface area contributed by atoms with Gasteiger partial charge in [-0.3, -0.25) is 0 Å². The minimum Gasteiger partial charge on any atom is -0.486 e. The molecule has 1 aliphatic rings. The van der Waals surface area contributed by atoms with Gasteiger partial charge in [-0.15, -0.1) is 0 Å². The van der Waals surface area contributed by atoms with Crippen molar-refractivity contribution >= 4 is 0 Å². The number of ether oxygens (including phenoxy) is 2. The zero-order valence-electron chi connectivity index (χ0n) is 10.8. The molecular formula is C14H16N2O3. The lowest BCUT2D eigenvalue weighted by atomic mass is 10.2. The summed E-state index contributed by atoms with van der Waals surface area (Å²) in [5, 5.41) is 7.16. The van der Waals surface area contributed by atoms with Crippen molar-refractivity contribution in [3.63, 3.8) is 0 Å². The number of rotatable bonds is 4. The molecule has 0 radical (unpaired) electrons. The third kappa shape index (κ3) is 2.88. The van der Waals surface area contributed by atoms with Gasteiger partial charge < -0.3 is 19.3 Å². The van der Waals surface area contributed by atoms with Crippen LogP contribution in [-0.4, -0.2) is 18.4 Å². The normalized spacial score (nSPS) is 13.5. The summed E-state index contributed by atoms with van der Waals surface area (Å²) in [7, 11) is 0. The second-order valence-corrected chi connectivity index (χ2v) is 4.52. The molecule has 5 nitrogen and oxygen atoms in total. The molecule has 0 fully saturated rings. The van der Waals surface area contributed by atoms with Crippen LogP contribution in [0.4, 0.5) is 0 Å². The van der Waals surface area contributed by atoms with Gasteiger partial charge in [-0.25, -0.2) is 0 Å². The van der Waals surface area contributed by atoms with Crippen LogP contribution in [0.5, 0.6) is 11.5 Å². The second kappa shape index (κ2) is 5.32. The molecule has 1 aliphatic heterocycles. The first-order chi connectivity index (χ1) is 9.31. The number of aryl methyl sites for hydroxylation is 1. The van der Waals surface area contributed by atoms with Crippen LogP contribution < -0.4 is 14.8 Å². The highest BCUT2D eigenvalue weighted by Gasteiger charge is 2.11. The lowest BCUT2D eigenvalue weighted by molar-refractivity contribution is 0.171. The van der Waals surface area contributed by atoms with Crippen LogP contribution in [0.1, 0.15) is 17.0 Å². The fourth-order valence-corrected chi connectivity index (χ4v) is 2.03. The second-order valence-electron chi connectivity index (χ2n) is 4.52. The van der Waals surface area contributed by atoms with E-state index in [1.54, 1.807) is 0 Å². The Morgan fingerprint density at radius 2 is 1.95 bits per heavy atom. The van der Waals surface area contributed by atoms with Crippen LogP contribution in [0.25, 0.3) is 0 Å². The predicted octanol–water partition coefficient (Wildman–Crippen LogP) is 2.04. The van der Waals surface area contributed by atoms with E-state index in [1.165, 1.54) is 0 Å². The Kier molecular flexibility index (Phi) is 3.37. The van der Waals surface area contributed by atoms with E-state index in [0.717, 1.165) is 35.1 Å². The fraction of sp³-hybridized carbons (Fsp3) is 0.357. The monoisotopic (exact) mass is 260 g/mol. The van der Waals surface area contributed by atoms with E-state index in [1.807, 2.05) is 31.2 Å². The number of hydrogen-bond donors (Lipinski definition) is 1. The van der Waals surface area contributed by atoms with Gasteiger partial charge in [-0.2, -0.15) is 0 Å². The van der Waals surface area contributed by atoms with Crippen molar-refractivity contribution in [1.29, 1.82) is 0 Å². The Morgan fingerprint density at radius 3 is 2.74 bits per heavy atom. The minimum absolute atomic E-state index is 0.612. The van der Waals surface area contributed by atoms with Crippen molar-refractivity contribution in [2.45, 2.75) is 20.0 Å². The van der Waals surface area contributed by atoms with E-state index >= 15 is 0 Å². The minimum atomic E-state index is 0.612. The topological polar surface area (TPSA) is 56.5 Å². The Morgan fingerprint density at radius 1 is 1.11 bits per heavy atom. The SMILES string of the molecule is Cc1cc(CNCc2ccc3c(c2)OCCO3)on1. The molecule has 2 aromatic rings. The van der Waals surface area contributed by atoms with Crippen LogP contribution in [0.2, 0.25) is 0 Å². The van der Waals surface area contributed by atoms with Gasteiger partial charge in [-0.05, 0) is 24.6 Å². The quantitative estimate of drug-likeness (QED) is 0.911. The van der Waals surface area contributed by atoms with Gasteiger partial charge in [0.2, 0.25) is 0 Å². The highest BCUT2D eigenvalue weighted by Crippen LogP contribution is 2.30.